The number of halogens is 1. The van der Waals surface area contributed by atoms with Gasteiger partial charge in [-0.2, -0.15) is 0 Å². The summed E-state index contributed by atoms with van der Waals surface area (Å²) in [4.78, 5) is 28.5. The van der Waals surface area contributed by atoms with Crippen LogP contribution in [-0.2, 0) is 26.2 Å². The average Bonchev–Trinajstić information content (AvgIpc) is 2.88. The predicted octanol–water partition coefficient (Wildman–Crippen LogP) is 3.86. The molecule has 0 aliphatic heterocycles. The van der Waals surface area contributed by atoms with E-state index in [9.17, 15) is 22.4 Å². The molecular weight excluding hydrogens is 497 g/mol. The molecule has 1 atom stereocenters. The van der Waals surface area contributed by atoms with Crippen LogP contribution in [0, 0.1) is 5.82 Å². The van der Waals surface area contributed by atoms with Gasteiger partial charge in [0.25, 0.3) is 0 Å². The highest BCUT2D eigenvalue weighted by molar-refractivity contribution is 7.92. The Hall–Kier alpha value is -3.14. The minimum atomic E-state index is -4.00. The highest BCUT2D eigenvalue weighted by atomic mass is 32.2. The van der Waals surface area contributed by atoms with E-state index in [0.29, 0.717) is 12.2 Å². The molecule has 3 rings (SSSR count). The number of methoxy groups -OCH3 is 1. The number of benzene rings is 2. The molecule has 1 aliphatic rings. The Morgan fingerprint density at radius 3 is 2.30 bits per heavy atom. The van der Waals surface area contributed by atoms with E-state index >= 15 is 0 Å². The van der Waals surface area contributed by atoms with E-state index in [1.54, 1.807) is 31.4 Å². The van der Waals surface area contributed by atoms with Crippen LogP contribution < -0.4 is 14.4 Å². The fourth-order valence-corrected chi connectivity index (χ4v) is 5.49. The van der Waals surface area contributed by atoms with Gasteiger partial charge in [0.2, 0.25) is 21.8 Å². The lowest BCUT2D eigenvalue weighted by Crippen LogP contribution is -2.54. The van der Waals surface area contributed by atoms with Gasteiger partial charge in [0.05, 0.1) is 19.1 Å². The second-order valence-electron chi connectivity index (χ2n) is 9.36. The van der Waals surface area contributed by atoms with Gasteiger partial charge in [0.15, 0.2) is 0 Å². The molecule has 0 bridgehead atoms. The topological polar surface area (TPSA) is 96.0 Å². The molecule has 1 aliphatic carbocycles. The quantitative estimate of drug-likeness (QED) is 0.473. The number of anilines is 1. The number of sulfonamides is 1. The van der Waals surface area contributed by atoms with E-state index in [1.807, 2.05) is 6.92 Å². The minimum Gasteiger partial charge on any atom is -0.497 e. The average molecular weight is 534 g/mol. The summed E-state index contributed by atoms with van der Waals surface area (Å²) in [5, 5.41) is 3.09. The number of carbonyl (C=O) groups excluding carboxylic acids is 2. The van der Waals surface area contributed by atoms with E-state index in [4.69, 9.17) is 4.74 Å². The van der Waals surface area contributed by atoms with Crippen LogP contribution in [0.25, 0.3) is 0 Å². The summed E-state index contributed by atoms with van der Waals surface area (Å²) in [6.07, 6.45) is 6.27. The van der Waals surface area contributed by atoms with E-state index in [-0.39, 0.29) is 24.2 Å². The van der Waals surface area contributed by atoms with Crippen LogP contribution in [0.3, 0.4) is 0 Å². The lowest BCUT2D eigenvalue weighted by atomic mass is 9.95. The molecule has 1 fully saturated rings. The largest absolute Gasteiger partial charge is 0.497 e. The molecule has 8 nitrogen and oxygen atoms in total. The molecule has 1 saturated carbocycles. The molecule has 2 aromatic carbocycles. The number of rotatable bonds is 11. The maximum Gasteiger partial charge on any atom is 0.244 e. The monoisotopic (exact) mass is 533 g/mol. The fraction of sp³-hybridized carbons (Fsp3) is 0.481. The SMILES string of the molecule is CC[C@@H](C(=O)NC1CCCCC1)N(Cc1ccc(OC)cc1)C(=O)CN(c1ccccc1F)S(C)(=O)=O. The Bertz CT molecular complexity index is 1170. The minimum absolute atomic E-state index is 0.0548. The van der Waals surface area contributed by atoms with Gasteiger partial charge in [-0.25, -0.2) is 12.8 Å². The molecule has 37 heavy (non-hydrogen) atoms. The van der Waals surface area contributed by atoms with Crippen molar-refractivity contribution in [2.24, 2.45) is 0 Å². The molecule has 0 spiro atoms. The van der Waals surface area contributed by atoms with Crippen molar-refractivity contribution in [2.45, 2.75) is 64.1 Å². The van der Waals surface area contributed by atoms with Gasteiger partial charge in [-0.05, 0) is 49.1 Å². The Kier molecular flexibility index (Phi) is 9.91. The molecule has 0 aromatic heterocycles. The third kappa shape index (κ3) is 7.67. The second kappa shape index (κ2) is 12.9. The second-order valence-corrected chi connectivity index (χ2v) is 11.3. The van der Waals surface area contributed by atoms with Crippen molar-refractivity contribution in [1.82, 2.24) is 10.2 Å². The zero-order valence-electron chi connectivity index (χ0n) is 21.7. The molecular formula is C27H36FN3O5S. The van der Waals surface area contributed by atoms with E-state index < -0.39 is 34.3 Å². The van der Waals surface area contributed by atoms with Gasteiger partial charge in [0, 0.05) is 12.6 Å². The number of para-hydroxylation sites is 1. The molecule has 2 amide bonds. The molecule has 202 valence electrons. The third-order valence-corrected chi connectivity index (χ3v) is 7.78. The van der Waals surface area contributed by atoms with Gasteiger partial charge < -0.3 is 15.0 Å². The van der Waals surface area contributed by atoms with Crippen molar-refractivity contribution in [3.8, 4) is 5.75 Å². The zero-order chi connectivity index (χ0) is 27.0. The van der Waals surface area contributed by atoms with E-state index in [1.165, 1.54) is 23.1 Å². The molecule has 0 saturated heterocycles. The summed E-state index contributed by atoms with van der Waals surface area (Å²) in [6.45, 7) is 1.25. The smallest absolute Gasteiger partial charge is 0.244 e. The van der Waals surface area contributed by atoms with Gasteiger partial charge in [-0.15, -0.1) is 0 Å². The van der Waals surface area contributed by atoms with Crippen molar-refractivity contribution < 1.29 is 27.1 Å². The van der Waals surface area contributed by atoms with Crippen LogP contribution >= 0.6 is 0 Å². The van der Waals surface area contributed by atoms with Gasteiger partial charge >= 0.3 is 0 Å². The Morgan fingerprint density at radius 1 is 1.08 bits per heavy atom. The first-order chi connectivity index (χ1) is 17.6. The first-order valence-electron chi connectivity index (χ1n) is 12.6. The van der Waals surface area contributed by atoms with Crippen LogP contribution in [0.2, 0.25) is 0 Å². The number of hydrogen-bond donors (Lipinski definition) is 1. The van der Waals surface area contributed by atoms with Gasteiger partial charge in [-0.1, -0.05) is 50.5 Å². The van der Waals surface area contributed by atoms with E-state index in [2.05, 4.69) is 5.32 Å². The molecule has 0 heterocycles. The number of ether oxygens (including phenoxy) is 1. The number of nitrogens with one attached hydrogen (secondary N) is 1. The highest BCUT2D eigenvalue weighted by Gasteiger charge is 2.33. The zero-order valence-corrected chi connectivity index (χ0v) is 22.5. The number of nitrogens with zero attached hydrogens (tertiary/aromatic N) is 2. The first-order valence-corrected chi connectivity index (χ1v) is 14.4. The molecule has 0 unspecified atom stereocenters. The Labute approximate surface area is 218 Å². The lowest BCUT2D eigenvalue weighted by Gasteiger charge is -2.34. The van der Waals surface area contributed by atoms with Crippen LogP contribution in [0.15, 0.2) is 48.5 Å². The van der Waals surface area contributed by atoms with Crippen LogP contribution in [0.5, 0.6) is 5.75 Å². The van der Waals surface area contributed by atoms with Crippen LogP contribution in [0.1, 0.15) is 51.0 Å². The summed E-state index contributed by atoms with van der Waals surface area (Å²) in [5.74, 6) is -0.987. The van der Waals surface area contributed by atoms with Crippen molar-refractivity contribution in [3.63, 3.8) is 0 Å². The van der Waals surface area contributed by atoms with E-state index in [0.717, 1.165) is 54.3 Å². The third-order valence-electron chi connectivity index (χ3n) is 6.65. The molecule has 1 N–H and O–H groups in total. The van der Waals surface area contributed by atoms with Crippen molar-refractivity contribution in [1.29, 1.82) is 0 Å². The normalized spacial score (nSPS) is 15.0. The van der Waals surface area contributed by atoms with Gasteiger partial charge in [-0.3, -0.25) is 13.9 Å². The highest BCUT2D eigenvalue weighted by Crippen LogP contribution is 2.24. The summed E-state index contributed by atoms with van der Waals surface area (Å²) < 4.78 is 45.7. The predicted molar refractivity (Wildman–Crippen MR) is 141 cm³/mol. The summed E-state index contributed by atoms with van der Waals surface area (Å²) in [6, 6.07) is 11.7. The maximum absolute atomic E-state index is 14.5. The van der Waals surface area contributed by atoms with Gasteiger partial charge in [0.1, 0.15) is 24.2 Å². The van der Waals surface area contributed by atoms with Crippen LogP contribution in [0.4, 0.5) is 10.1 Å². The Morgan fingerprint density at radius 2 is 1.73 bits per heavy atom. The standard InChI is InChI=1S/C27H36FN3O5S/c1-4-24(27(33)29-21-10-6-5-7-11-21)30(18-20-14-16-22(36-2)17-15-20)26(32)19-31(37(3,34)35)25-13-9-8-12-23(25)28/h8-9,12-17,21,24H,4-7,10-11,18-19H2,1-3H3,(H,29,33)/t24-/m0/s1. The number of carbonyl (C=O) groups is 2. The maximum atomic E-state index is 14.5. The van der Waals surface area contributed by atoms with Crippen molar-refractivity contribution in [3.05, 3.63) is 59.9 Å². The molecule has 0 radical (unpaired) electrons. The molecule has 10 heteroatoms. The van der Waals surface area contributed by atoms with Crippen molar-refractivity contribution in [2.75, 3.05) is 24.2 Å². The Balaban J connectivity index is 1.92. The number of hydrogen-bond acceptors (Lipinski definition) is 5. The summed E-state index contributed by atoms with van der Waals surface area (Å²) >= 11 is 0. The lowest BCUT2D eigenvalue weighted by molar-refractivity contribution is -0.140. The summed E-state index contributed by atoms with van der Waals surface area (Å²) in [7, 11) is -2.45. The summed E-state index contributed by atoms with van der Waals surface area (Å²) in [5.41, 5.74) is 0.525. The first kappa shape index (κ1) is 28.4. The van der Waals surface area contributed by atoms with Crippen molar-refractivity contribution >= 4 is 27.5 Å². The van der Waals surface area contributed by atoms with Crippen LogP contribution in [-0.4, -0.2) is 57.1 Å². The number of amides is 2. The molecule has 2 aromatic rings. The fourth-order valence-electron chi connectivity index (χ4n) is 4.64.